The molecule has 1 aromatic carbocycles. The number of esters is 1. The summed E-state index contributed by atoms with van der Waals surface area (Å²) in [5.41, 5.74) is 3.62. The summed E-state index contributed by atoms with van der Waals surface area (Å²) >= 11 is 0. The van der Waals surface area contributed by atoms with Crippen molar-refractivity contribution in [3.8, 4) is 5.75 Å². The predicted molar refractivity (Wildman–Crippen MR) is 144 cm³/mol. The van der Waals surface area contributed by atoms with Gasteiger partial charge >= 0.3 is 12.0 Å². The second-order valence-electron chi connectivity index (χ2n) is 12.2. The van der Waals surface area contributed by atoms with Gasteiger partial charge in [0.1, 0.15) is 5.75 Å². The lowest BCUT2D eigenvalue weighted by Gasteiger charge is -2.41. The molecule has 0 aromatic heterocycles. The number of ether oxygens (including phenoxy) is 2. The van der Waals surface area contributed by atoms with Crippen LogP contribution in [0.2, 0.25) is 0 Å². The van der Waals surface area contributed by atoms with Crippen LogP contribution in [0.4, 0.5) is 4.79 Å². The van der Waals surface area contributed by atoms with E-state index in [0.717, 1.165) is 70.5 Å². The van der Waals surface area contributed by atoms with Gasteiger partial charge in [-0.2, -0.15) is 0 Å². The Kier molecular flexibility index (Phi) is 7.45. The Labute approximate surface area is 222 Å². The molecular weight excluding hydrogens is 466 g/mol. The normalized spacial score (nSPS) is 27.8. The number of carbonyl (C=O) groups is 2. The molecule has 2 saturated heterocycles. The maximum Gasteiger partial charge on any atom is 0.318 e. The van der Waals surface area contributed by atoms with Crippen LogP contribution in [-0.2, 0) is 16.1 Å². The Bertz CT molecular complexity index is 1000. The van der Waals surface area contributed by atoms with Gasteiger partial charge in [0.25, 0.3) is 0 Å². The maximum atomic E-state index is 13.1. The van der Waals surface area contributed by atoms with Gasteiger partial charge in [-0.3, -0.25) is 9.69 Å². The standard InChI is InChI=1S/C30H45N3O4/c1-5-36-26-18-23(25(17-21(26)3)22-7-8-22)19-32-15-13-30(14-16-32)20-33(28(35)31-30)24-9-11-29(4,12-10-24)27(34)37-6-2/h17-18,22,24H,5-16,19-20H2,1-4H3,(H,31,35)/t24-,29-. The van der Waals surface area contributed by atoms with Crippen molar-refractivity contribution >= 4 is 12.0 Å². The summed E-state index contributed by atoms with van der Waals surface area (Å²) in [4.78, 5) is 30.1. The Morgan fingerprint density at radius 3 is 2.38 bits per heavy atom. The Morgan fingerprint density at radius 2 is 1.76 bits per heavy atom. The number of aryl methyl sites for hydroxylation is 1. The Morgan fingerprint density at radius 1 is 1.05 bits per heavy atom. The number of hydrogen-bond acceptors (Lipinski definition) is 5. The zero-order valence-corrected chi connectivity index (χ0v) is 23.2. The number of benzene rings is 1. The maximum absolute atomic E-state index is 13.1. The second-order valence-corrected chi connectivity index (χ2v) is 12.2. The lowest BCUT2D eigenvalue weighted by Crippen LogP contribution is -2.52. The van der Waals surface area contributed by atoms with E-state index in [9.17, 15) is 9.59 Å². The van der Waals surface area contributed by atoms with E-state index in [1.54, 1.807) is 0 Å². The molecule has 2 saturated carbocycles. The van der Waals surface area contributed by atoms with Crippen LogP contribution in [0.15, 0.2) is 12.1 Å². The first-order chi connectivity index (χ1) is 17.8. The van der Waals surface area contributed by atoms with E-state index in [4.69, 9.17) is 9.47 Å². The quantitative estimate of drug-likeness (QED) is 0.489. The van der Waals surface area contributed by atoms with Crippen molar-refractivity contribution in [3.05, 3.63) is 28.8 Å². The van der Waals surface area contributed by atoms with Gasteiger partial charge in [0.15, 0.2) is 0 Å². The molecule has 2 heterocycles. The summed E-state index contributed by atoms with van der Waals surface area (Å²) in [7, 11) is 0. The van der Waals surface area contributed by atoms with Crippen LogP contribution < -0.4 is 10.1 Å². The molecule has 4 fully saturated rings. The van der Waals surface area contributed by atoms with Gasteiger partial charge in [-0.15, -0.1) is 0 Å². The minimum atomic E-state index is -0.414. The highest BCUT2D eigenvalue weighted by atomic mass is 16.5. The average Bonchev–Trinajstić information content (AvgIpc) is 3.67. The predicted octanol–water partition coefficient (Wildman–Crippen LogP) is 5.14. The number of urea groups is 1. The first-order valence-corrected chi connectivity index (χ1v) is 14.5. The summed E-state index contributed by atoms with van der Waals surface area (Å²) in [6.07, 6.45) is 7.85. The van der Waals surface area contributed by atoms with E-state index in [1.165, 1.54) is 29.5 Å². The molecule has 1 aromatic rings. The van der Waals surface area contributed by atoms with Crippen molar-refractivity contribution in [2.45, 2.75) is 103 Å². The third kappa shape index (κ3) is 5.47. The third-order valence-corrected chi connectivity index (χ3v) is 9.33. The molecule has 2 amide bonds. The Balaban J connectivity index is 1.18. The fourth-order valence-corrected chi connectivity index (χ4v) is 6.73. The molecule has 5 rings (SSSR count). The molecule has 0 bridgehead atoms. The molecule has 7 nitrogen and oxygen atoms in total. The van der Waals surface area contributed by atoms with Gasteiger partial charge < -0.3 is 19.7 Å². The van der Waals surface area contributed by atoms with Gasteiger partial charge in [0, 0.05) is 32.2 Å². The summed E-state index contributed by atoms with van der Waals surface area (Å²) in [5.74, 6) is 1.64. The summed E-state index contributed by atoms with van der Waals surface area (Å²) < 4.78 is 11.2. The van der Waals surface area contributed by atoms with Gasteiger partial charge in [-0.25, -0.2) is 4.79 Å². The highest BCUT2D eigenvalue weighted by Crippen LogP contribution is 2.44. The van der Waals surface area contributed by atoms with E-state index in [1.807, 2.05) is 20.8 Å². The highest BCUT2D eigenvalue weighted by molar-refractivity contribution is 5.79. The molecule has 2 aliphatic carbocycles. The molecular formula is C30H45N3O4. The summed E-state index contributed by atoms with van der Waals surface area (Å²) in [5, 5.41) is 3.39. The number of nitrogens with zero attached hydrogens (tertiary/aromatic N) is 2. The zero-order chi connectivity index (χ0) is 26.2. The van der Waals surface area contributed by atoms with Gasteiger partial charge in [-0.05, 0) is 108 Å². The fraction of sp³-hybridized carbons (Fsp3) is 0.733. The van der Waals surface area contributed by atoms with Crippen LogP contribution >= 0.6 is 0 Å². The number of rotatable bonds is 8. The molecule has 0 atom stereocenters. The minimum Gasteiger partial charge on any atom is -0.494 e. The smallest absolute Gasteiger partial charge is 0.318 e. The van der Waals surface area contributed by atoms with Crippen LogP contribution in [0.1, 0.15) is 94.7 Å². The van der Waals surface area contributed by atoms with Crippen LogP contribution in [0.25, 0.3) is 0 Å². The van der Waals surface area contributed by atoms with Crippen molar-refractivity contribution in [2.24, 2.45) is 5.41 Å². The molecule has 7 heteroatoms. The fourth-order valence-electron chi connectivity index (χ4n) is 6.73. The van der Waals surface area contributed by atoms with Crippen LogP contribution in [0.5, 0.6) is 5.75 Å². The number of carbonyl (C=O) groups excluding carboxylic acids is 2. The van der Waals surface area contributed by atoms with Gasteiger partial charge in [0.2, 0.25) is 0 Å². The van der Waals surface area contributed by atoms with E-state index in [2.05, 4.69) is 34.2 Å². The molecule has 2 aliphatic heterocycles. The molecule has 1 N–H and O–H groups in total. The monoisotopic (exact) mass is 511 g/mol. The average molecular weight is 512 g/mol. The Hall–Kier alpha value is -2.28. The minimum absolute atomic E-state index is 0.0779. The van der Waals surface area contributed by atoms with Crippen molar-refractivity contribution < 1.29 is 19.1 Å². The van der Waals surface area contributed by atoms with Crippen molar-refractivity contribution in [3.63, 3.8) is 0 Å². The molecule has 37 heavy (non-hydrogen) atoms. The number of likely N-dealkylation sites (tertiary alicyclic amines) is 1. The van der Waals surface area contributed by atoms with Crippen molar-refractivity contribution in [1.29, 1.82) is 0 Å². The first kappa shape index (κ1) is 26.3. The number of hydrogen-bond donors (Lipinski definition) is 1. The van der Waals surface area contributed by atoms with Gasteiger partial charge in [-0.1, -0.05) is 6.07 Å². The van der Waals surface area contributed by atoms with Crippen molar-refractivity contribution in [1.82, 2.24) is 15.1 Å². The number of piperidine rings is 1. The molecule has 0 radical (unpaired) electrons. The van der Waals surface area contributed by atoms with E-state index >= 15 is 0 Å². The number of amides is 2. The van der Waals surface area contributed by atoms with Crippen LogP contribution in [-0.4, -0.2) is 66.2 Å². The van der Waals surface area contributed by atoms with Crippen molar-refractivity contribution in [2.75, 3.05) is 32.8 Å². The van der Waals surface area contributed by atoms with E-state index in [0.29, 0.717) is 19.1 Å². The number of nitrogens with one attached hydrogen (secondary N) is 1. The molecule has 204 valence electrons. The van der Waals surface area contributed by atoms with Crippen LogP contribution in [0.3, 0.4) is 0 Å². The SMILES string of the molecule is CCOc1cc(CN2CCC3(CC2)CN([C@H]2CC[C@](C)(C(=O)OCC)CC2)C(=O)N3)c(C2CC2)cc1C. The third-order valence-electron chi connectivity index (χ3n) is 9.33. The van der Waals surface area contributed by atoms with E-state index < -0.39 is 5.41 Å². The zero-order valence-electron chi connectivity index (χ0n) is 23.2. The first-order valence-electron chi connectivity index (χ1n) is 14.5. The largest absolute Gasteiger partial charge is 0.494 e. The highest BCUT2D eigenvalue weighted by Gasteiger charge is 2.48. The van der Waals surface area contributed by atoms with Crippen LogP contribution in [0, 0.1) is 12.3 Å². The molecule has 1 spiro atoms. The lowest BCUT2D eigenvalue weighted by molar-refractivity contribution is -0.156. The summed E-state index contributed by atoms with van der Waals surface area (Å²) in [6.45, 7) is 12.9. The molecule has 4 aliphatic rings. The van der Waals surface area contributed by atoms with Gasteiger partial charge in [0.05, 0.1) is 24.2 Å². The van der Waals surface area contributed by atoms with E-state index in [-0.39, 0.29) is 23.6 Å². The molecule has 0 unspecified atom stereocenters. The summed E-state index contributed by atoms with van der Waals surface area (Å²) in [6, 6.07) is 4.93. The topological polar surface area (TPSA) is 71.1 Å². The second kappa shape index (κ2) is 10.5. The lowest BCUT2D eigenvalue weighted by atomic mass is 9.73.